The molecule has 2 aliphatic rings. The van der Waals surface area contributed by atoms with Crippen molar-refractivity contribution in [3.05, 3.63) is 29.3 Å². The summed E-state index contributed by atoms with van der Waals surface area (Å²) in [5, 5.41) is 13.1. The van der Waals surface area contributed by atoms with E-state index in [4.69, 9.17) is 5.26 Å². The van der Waals surface area contributed by atoms with Gasteiger partial charge in [-0.25, -0.2) is 0 Å². The summed E-state index contributed by atoms with van der Waals surface area (Å²) >= 11 is 0. The predicted octanol–water partition coefficient (Wildman–Crippen LogP) is -0.0600. The van der Waals surface area contributed by atoms with Crippen LogP contribution in [0.4, 0.5) is 5.69 Å². The first-order valence-corrected chi connectivity index (χ1v) is 7.45. The molecule has 9 heteroatoms. The highest BCUT2D eigenvalue weighted by Gasteiger charge is 2.44. The number of carbonyl (C=O) groups is 5. The number of carbonyl (C=O) groups excluding carboxylic acids is 5. The fraction of sp³-hybridized carbons (Fsp3) is 0.250. The SMILES string of the molecule is N#CCC(=O)Nc1ccc2c(c1)C(=O)N(C1CCC(=O)NC1=O)C2=O. The first kappa shape index (κ1) is 16.3. The van der Waals surface area contributed by atoms with Crippen LogP contribution < -0.4 is 10.6 Å². The molecule has 0 radical (unpaired) electrons. The number of nitriles is 1. The van der Waals surface area contributed by atoms with Crippen LogP contribution in [-0.2, 0) is 14.4 Å². The van der Waals surface area contributed by atoms with Crippen molar-refractivity contribution in [2.75, 3.05) is 5.32 Å². The van der Waals surface area contributed by atoms with Crippen LogP contribution in [0.3, 0.4) is 0 Å². The lowest BCUT2D eigenvalue weighted by Crippen LogP contribution is -2.54. The van der Waals surface area contributed by atoms with Crippen LogP contribution in [0, 0.1) is 11.3 Å². The van der Waals surface area contributed by atoms with Gasteiger partial charge in [0.2, 0.25) is 17.7 Å². The minimum absolute atomic E-state index is 0.0410. The molecule has 0 aromatic heterocycles. The normalized spacial score (nSPS) is 19.3. The molecule has 1 aromatic rings. The average Bonchev–Trinajstić information content (AvgIpc) is 2.79. The fourth-order valence-corrected chi connectivity index (χ4v) is 2.83. The molecule has 2 aliphatic heterocycles. The second-order valence-corrected chi connectivity index (χ2v) is 5.59. The Bertz CT molecular complexity index is 870. The molecular weight excluding hydrogens is 328 g/mol. The van der Waals surface area contributed by atoms with Gasteiger partial charge in [0.05, 0.1) is 17.2 Å². The smallest absolute Gasteiger partial charge is 0.262 e. The van der Waals surface area contributed by atoms with Crippen LogP contribution in [-0.4, -0.2) is 40.5 Å². The Balaban J connectivity index is 1.87. The van der Waals surface area contributed by atoms with E-state index in [1.165, 1.54) is 18.2 Å². The molecule has 126 valence electrons. The molecule has 0 spiro atoms. The van der Waals surface area contributed by atoms with Crippen molar-refractivity contribution in [3.63, 3.8) is 0 Å². The van der Waals surface area contributed by atoms with E-state index in [0.717, 1.165) is 4.90 Å². The monoisotopic (exact) mass is 340 g/mol. The van der Waals surface area contributed by atoms with E-state index in [-0.39, 0.29) is 36.1 Å². The number of amides is 5. The summed E-state index contributed by atoms with van der Waals surface area (Å²) < 4.78 is 0. The number of hydrogen-bond acceptors (Lipinski definition) is 6. The lowest BCUT2D eigenvalue weighted by Gasteiger charge is -2.27. The summed E-state index contributed by atoms with van der Waals surface area (Å²) in [6.45, 7) is 0. The second kappa shape index (κ2) is 6.16. The first-order chi connectivity index (χ1) is 11.9. The number of imide groups is 2. The van der Waals surface area contributed by atoms with E-state index in [9.17, 15) is 24.0 Å². The molecule has 0 saturated carbocycles. The molecule has 1 atom stereocenters. The maximum atomic E-state index is 12.6. The minimum atomic E-state index is -1.04. The Morgan fingerprint density at radius 3 is 2.64 bits per heavy atom. The third-order valence-electron chi connectivity index (χ3n) is 3.96. The number of anilines is 1. The summed E-state index contributed by atoms with van der Waals surface area (Å²) in [4.78, 5) is 60.5. The Hall–Kier alpha value is -3.54. The van der Waals surface area contributed by atoms with Crippen LogP contribution in [0.2, 0.25) is 0 Å². The van der Waals surface area contributed by atoms with Gasteiger partial charge in [-0.1, -0.05) is 0 Å². The first-order valence-electron chi connectivity index (χ1n) is 7.45. The lowest BCUT2D eigenvalue weighted by molar-refractivity contribution is -0.136. The maximum Gasteiger partial charge on any atom is 0.262 e. The third-order valence-corrected chi connectivity index (χ3v) is 3.96. The van der Waals surface area contributed by atoms with E-state index < -0.39 is 35.6 Å². The molecular formula is C16H12N4O5. The maximum absolute atomic E-state index is 12.6. The van der Waals surface area contributed by atoms with E-state index in [2.05, 4.69) is 10.6 Å². The summed E-state index contributed by atoms with van der Waals surface area (Å²) in [6.07, 6.45) is -0.229. The predicted molar refractivity (Wildman–Crippen MR) is 82.0 cm³/mol. The molecule has 1 aromatic carbocycles. The van der Waals surface area contributed by atoms with Crippen LogP contribution in [0.15, 0.2) is 18.2 Å². The van der Waals surface area contributed by atoms with Crippen molar-refractivity contribution in [1.29, 1.82) is 5.26 Å². The number of nitrogens with one attached hydrogen (secondary N) is 2. The molecule has 2 heterocycles. The number of hydrogen-bond donors (Lipinski definition) is 2. The summed E-state index contributed by atoms with van der Waals surface area (Å²) in [5.74, 6) is -2.95. The summed E-state index contributed by atoms with van der Waals surface area (Å²) in [7, 11) is 0. The topological polar surface area (TPSA) is 136 Å². The molecule has 1 fully saturated rings. The standard InChI is InChI=1S/C16H12N4O5/c17-6-5-13(22)18-8-1-2-9-10(7-8)16(25)20(15(9)24)11-3-4-12(21)19-14(11)23/h1-2,7,11H,3-5H2,(H,18,22)(H,19,21,23). The van der Waals surface area contributed by atoms with Crippen LogP contribution >= 0.6 is 0 Å². The Labute approximate surface area is 141 Å². The van der Waals surface area contributed by atoms with Gasteiger partial charge >= 0.3 is 0 Å². The molecule has 3 rings (SSSR count). The Morgan fingerprint density at radius 1 is 1.24 bits per heavy atom. The highest BCUT2D eigenvalue weighted by molar-refractivity contribution is 6.23. The average molecular weight is 340 g/mol. The van der Waals surface area contributed by atoms with Crippen LogP contribution in [0.25, 0.3) is 0 Å². The highest BCUT2D eigenvalue weighted by atomic mass is 16.2. The number of fused-ring (bicyclic) bond motifs is 1. The van der Waals surface area contributed by atoms with Crippen molar-refractivity contribution >= 4 is 35.2 Å². The van der Waals surface area contributed by atoms with Gasteiger partial charge in [-0.3, -0.25) is 34.2 Å². The number of nitrogens with zero attached hydrogens (tertiary/aromatic N) is 2. The van der Waals surface area contributed by atoms with Gasteiger partial charge < -0.3 is 5.32 Å². The number of rotatable bonds is 3. The summed E-state index contributed by atoms with van der Waals surface area (Å²) in [6, 6.07) is 4.81. The third kappa shape index (κ3) is 2.85. The van der Waals surface area contributed by atoms with Crippen molar-refractivity contribution < 1.29 is 24.0 Å². The molecule has 1 unspecified atom stereocenters. The second-order valence-electron chi connectivity index (χ2n) is 5.59. The number of piperidine rings is 1. The van der Waals surface area contributed by atoms with Crippen molar-refractivity contribution in [2.24, 2.45) is 0 Å². The largest absolute Gasteiger partial charge is 0.325 e. The number of benzene rings is 1. The van der Waals surface area contributed by atoms with Crippen molar-refractivity contribution in [2.45, 2.75) is 25.3 Å². The van der Waals surface area contributed by atoms with E-state index in [1.807, 2.05) is 0 Å². The molecule has 1 saturated heterocycles. The molecule has 9 nitrogen and oxygen atoms in total. The zero-order valence-corrected chi connectivity index (χ0v) is 12.9. The van der Waals surface area contributed by atoms with Gasteiger partial charge in [0, 0.05) is 12.1 Å². The zero-order valence-electron chi connectivity index (χ0n) is 12.9. The molecule has 0 bridgehead atoms. The van der Waals surface area contributed by atoms with Gasteiger partial charge in [0.15, 0.2) is 0 Å². The fourth-order valence-electron chi connectivity index (χ4n) is 2.83. The van der Waals surface area contributed by atoms with E-state index in [1.54, 1.807) is 6.07 Å². The van der Waals surface area contributed by atoms with Gasteiger partial charge in [0.25, 0.3) is 11.8 Å². The van der Waals surface area contributed by atoms with Gasteiger partial charge in [-0.2, -0.15) is 5.26 Å². The van der Waals surface area contributed by atoms with Gasteiger partial charge in [-0.05, 0) is 24.6 Å². The molecule has 25 heavy (non-hydrogen) atoms. The Kier molecular flexibility index (Phi) is 4.02. The van der Waals surface area contributed by atoms with Crippen molar-refractivity contribution in [1.82, 2.24) is 10.2 Å². The van der Waals surface area contributed by atoms with Crippen molar-refractivity contribution in [3.8, 4) is 6.07 Å². The van der Waals surface area contributed by atoms with E-state index >= 15 is 0 Å². The van der Waals surface area contributed by atoms with Crippen LogP contribution in [0.1, 0.15) is 40.0 Å². The van der Waals surface area contributed by atoms with Gasteiger partial charge in [0.1, 0.15) is 12.5 Å². The van der Waals surface area contributed by atoms with E-state index in [0.29, 0.717) is 0 Å². The minimum Gasteiger partial charge on any atom is -0.325 e. The summed E-state index contributed by atoms with van der Waals surface area (Å²) in [5.41, 5.74) is 0.447. The lowest BCUT2D eigenvalue weighted by atomic mass is 10.0. The van der Waals surface area contributed by atoms with Crippen LogP contribution in [0.5, 0.6) is 0 Å². The Morgan fingerprint density at radius 2 is 1.96 bits per heavy atom. The highest BCUT2D eigenvalue weighted by Crippen LogP contribution is 2.29. The molecule has 0 aliphatic carbocycles. The molecule has 2 N–H and O–H groups in total. The zero-order chi connectivity index (χ0) is 18.1. The quantitative estimate of drug-likeness (QED) is 0.740. The van der Waals surface area contributed by atoms with Gasteiger partial charge in [-0.15, -0.1) is 0 Å². The molecule has 5 amide bonds.